The van der Waals surface area contributed by atoms with E-state index in [0.717, 1.165) is 38.4 Å². The van der Waals surface area contributed by atoms with Gasteiger partial charge >= 0.3 is 0 Å². The number of hydrogen-bond acceptors (Lipinski definition) is 2. The molecule has 1 atom stereocenters. The smallest absolute Gasteiger partial charge is 0.130 e. The van der Waals surface area contributed by atoms with Crippen LogP contribution in [0.25, 0.3) is 0 Å². The molecular formula is C11H19ClO2. The largest absolute Gasteiger partial charge is 0.303 e. The normalized spacial score (nSPS) is 12.4. The minimum absolute atomic E-state index is 0.0662. The maximum absolute atomic E-state index is 10.8. The zero-order valence-electron chi connectivity index (χ0n) is 8.80. The van der Waals surface area contributed by atoms with Crippen molar-refractivity contribution < 1.29 is 9.59 Å². The average Bonchev–Trinajstić information content (AvgIpc) is 2.15. The lowest BCUT2D eigenvalue weighted by Gasteiger charge is -2.06. The fourth-order valence-corrected chi connectivity index (χ4v) is 1.63. The van der Waals surface area contributed by atoms with Crippen LogP contribution in [0.2, 0.25) is 0 Å². The highest BCUT2D eigenvalue weighted by molar-refractivity contribution is 6.17. The second kappa shape index (κ2) is 9.20. The molecule has 1 unspecified atom stereocenters. The molecule has 0 radical (unpaired) electrons. The molecule has 0 rings (SSSR count). The van der Waals surface area contributed by atoms with E-state index in [0.29, 0.717) is 12.3 Å². The van der Waals surface area contributed by atoms with Crippen LogP contribution in [0.1, 0.15) is 45.4 Å². The van der Waals surface area contributed by atoms with E-state index >= 15 is 0 Å². The Labute approximate surface area is 91.0 Å². The van der Waals surface area contributed by atoms with Crippen LogP contribution in [0.5, 0.6) is 0 Å². The zero-order chi connectivity index (χ0) is 10.8. The first kappa shape index (κ1) is 13.6. The van der Waals surface area contributed by atoms with Crippen LogP contribution in [0.3, 0.4) is 0 Å². The van der Waals surface area contributed by atoms with E-state index in [1.807, 2.05) is 0 Å². The molecule has 0 aromatic carbocycles. The van der Waals surface area contributed by atoms with Gasteiger partial charge in [-0.15, -0.1) is 11.6 Å². The lowest BCUT2D eigenvalue weighted by atomic mass is 9.97. The number of rotatable bonds is 9. The Bertz CT molecular complexity index is 169. The van der Waals surface area contributed by atoms with Crippen molar-refractivity contribution in [3.05, 3.63) is 0 Å². The first-order valence-corrected chi connectivity index (χ1v) is 5.74. The molecule has 0 fully saturated rings. The van der Waals surface area contributed by atoms with Crippen LogP contribution in [0.15, 0.2) is 0 Å². The van der Waals surface area contributed by atoms with Crippen molar-refractivity contribution in [2.24, 2.45) is 5.92 Å². The van der Waals surface area contributed by atoms with E-state index in [9.17, 15) is 9.59 Å². The van der Waals surface area contributed by atoms with Gasteiger partial charge in [0.2, 0.25) is 0 Å². The first-order valence-electron chi connectivity index (χ1n) is 5.21. The summed E-state index contributed by atoms with van der Waals surface area (Å²) in [7, 11) is 0. The summed E-state index contributed by atoms with van der Waals surface area (Å²) in [6.45, 7) is 1.53. The fourth-order valence-electron chi connectivity index (χ4n) is 1.44. The van der Waals surface area contributed by atoms with E-state index in [1.54, 1.807) is 0 Å². The van der Waals surface area contributed by atoms with Crippen LogP contribution in [-0.2, 0) is 9.59 Å². The van der Waals surface area contributed by atoms with E-state index in [2.05, 4.69) is 0 Å². The predicted octanol–water partition coefficient (Wildman–Crippen LogP) is 2.97. The summed E-state index contributed by atoms with van der Waals surface area (Å²) < 4.78 is 0. The molecule has 0 spiro atoms. The summed E-state index contributed by atoms with van der Waals surface area (Å²) in [6, 6.07) is 0. The SMILES string of the molecule is CC(=O)CC(C=O)CCCCCCCl. The molecule has 0 N–H and O–H groups in total. The van der Waals surface area contributed by atoms with Gasteiger partial charge in [0.05, 0.1) is 0 Å². The summed E-state index contributed by atoms with van der Waals surface area (Å²) >= 11 is 5.54. The van der Waals surface area contributed by atoms with Crippen molar-refractivity contribution in [1.29, 1.82) is 0 Å². The standard InChI is InChI=1S/C11H19ClO2/c1-10(14)8-11(9-13)6-4-2-3-5-7-12/h9,11H,2-8H2,1H3. The molecule has 0 saturated heterocycles. The molecule has 0 saturated carbocycles. The maximum atomic E-state index is 10.8. The van der Waals surface area contributed by atoms with Gasteiger partial charge in [0.25, 0.3) is 0 Å². The number of carbonyl (C=O) groups is 2. The van der Waals surface area contributed by atoms with Crippen molar-refractivity contribution in [2.75, 3.05) is 5.88 Å². The summed E-state index contributed by atoms with van der Waals surface area (Å²) in [4.78, 5) is 21.4. The van der Waals surface area contributed by atoms with E-state index in [4.69, 9.17) is 11.6 Å². The number of hydrogen-bond donors (Lipinski definition) is 0. The molecule has 0 bridgehead atoms. The number of alkyl halides is 1. The minimum atomic E-state index is -0.0662. The van der Waals surface area contributed by atoms with Gasteiger partial charge in [-0.1, -0.05) is 19.3 Å². The summed E-state index contributed by atoms with van der Waals surface area (Å²) in [5, 5.41) is 0. The third-order valence-corrected chi connectivity index (χ3v) is 2.47. The van der Waals surface area contributed by atoms with Gasteiger partial charge in [0.15, 0.2) is 0 Å². The fraction of sp³-hybridized carbons (Fsp3) is 0.818. The second-order valence-electron chi connectivity index (χ2n) is 3.69. The number of unbranched alkanes of at least 4 members (excludes halogenated alkanes) is 3. The number of halogens is 1. The summed E-state index contributed by atoms with van der Waals surface area (Å²) in [5.41, 5.74) is 0. The van der Waals surface area contributed by atoms with Crippen molar-refractivity contribution in [3.8, 4) is 0 Å². The highest BCUT2D eigenvalue weighted by Gasteiger charge is 2.09. The zero-order valence-corrected chi connectivity index (χ0v) is 9.55. The number of aldehydes is 1. The van der Waals surface area contributed by atoms with Gasteiger partial charge in [-0.05, 0) is 19.8 Å². The summed E-state index contributed by atoms with van der Waals surface area (Å²) in [6.07, 6.45) is 6.44. The Kier molecular flexibility index (Phi) is 8.95. The first-order chi connectivity index (χ1) is 6.70. The highest BCUT2D eigenvalue weighted by atomic mass is 35.5. The highest BCUT2D eigenvalue weighted by Crippen LogP contribution is 2.12. The van der Waals surface area contributed by atoms with Crippen LogP contribution in [0.4, 0.5) is 0 Å². The number of ketones is 1. The van der Waals surface area contributed by atoms with Crippen LogP contribution in [-0.4, -0.2) is 17.9 Å². The third-order valence-electron chi connectivity index (χ3n) is 2.20. The van der Waals surface area contributed by atoms with Gasteiger partial charge in [0.1, 0.15) is 12.1 Å². The van der Waals surface area contributed by atoms with E-state index in [-0.39, 0.29) is 11.7 Å². The van der Waals surface area contributed by atoms with Gasteiger partial charge in [-0.25, -0.2) is 0 Å². The average molecular weight is 219 g/mol. The topological polar surface area (TPSA) is 34.1 Å². The molecule has 0 aromatic rings. The molecule has 82 valence electrons. The Hall–Kier alpha value is -0.370. The van der Waals surface area contributed by atoms with Gasteiger partial charge in [-0.2, -0.15) is 0 Å². The number of carbonyl (C=O) groups excluding carboxylic acids is 2. The van der Waals surface area contributed by atoms with Gasteiger partial charge in [-0.3, -0.25) is 0 Å². The molecule has 0 aliphatic rings. The Morgan fingerprint density at radius 2 is 1.93 bits per heavy atom. The molecule has 2 nitrogen and oxygen atoms in total. The van der Waals surface area contributed by atoms with Crippen LogP contribution < -0.4 is 0 Å². The van der Waals surface area contributed by atoms with E-state index < -0.39 is 0 Å². The Morgan fingerprint density at radius 1 is 1.29 bits per heavy atom. The molecule has 0 amide bonds. The second-order valence-corrected chi connectivity index (χ2v) is 4.07. The van der Waals surface area contributed by atoms with Crippen molar-refractivity contribution in [2.45, 2.75) is 45.4 Å². The lowest BCUT2D eigenvalue weighted by Crippen LogP contribution is -2.07. The minimum Gasteiger partial charge on any atom is -0.303 e. The third kappa shape index (κ3) is 8.24. The predicted molar refractivity (Wildman–Crippen MR) is 58.7 cm³/mol. The number of Topliss-reactive ketones (excluding diaryl/α,β-unsaturated/α-hetero) is 1. The molecule has 14 heavy (non-hydrogen) atoms. The molecule has 3 heteroatoms. The Balaban J connectivity index is 3.43. The Morgan fingerprint density at radius 3 is 2.43 bits per heavy atom. The quantitative estimate of drug-likeness (QED) is 0.339. The van der Waals surface area contributed by atoms with Crippen molar-refractivity contribution >= 4 is 23.7 Å². The van der Waals surface area contributed by atoms with Crippen LogP contribution in [0, 0.1) is 5.92 Å². The van der Waals surface area contributed by atoms with Gasteiger partial charge in [0, 0.05) is 18.2 Å². The summed E-state index contributed by atoms with van der Waals surface area (Å²) in [5.74, 6) is 0.747. The lowest BCUT2D eigenvalue weighted by molar-refractivity contribution is -0.121. The molecular weight excluding hydrogens is 200 g/mol. The van der Waals surface area contributed by atoms with Crippen molar-refractivity contribution in [3.63, 3.8) is 0 Å². The molecule has 0 aliphatic carbocycles. The molecule has 0 heterocycles. The van der Waals surface area contributed by atoms with Crippen molar-refractivity contribution in [1.82, 2.24) is 0 Å². The van der Waals surface area contributed by atoms with Crippen LogP contribution >= 0.6 is 11.6 Å². The van der Waals surface area contributed by atoms with E-state index in [1.165, 1.54) is 6.92 Å². The monoisotopic (exact) mass is 218 g/mol. The maximum Gasteiger partial charge on any atom is 0.130 e. The molecule has 0 aromatic heterocycles. The van der Waals surface area contributed by atoms with Gasteiger partial charge < -0.3 is 9.59 Å². The molecule has 0 aliphatic heterocycles.